The molecule has 1 saturated carbocycles. The zero-order valence-electron chi connectivity index (χ0n) is 28.6. The maximum atomic E-state index is 16.4. The summed E-state index contributed by atoms with van der Waals surface area (Å²) in [5.74, 6) is -3.80. The Labute approximate surface area is 301 Å². The van der Waals surface area contributed by atoms with E-state index in [9.17, 15) is 15.2 Å². The molecular formula is C39H41Cl2F2N3O4. The number of benzene rings is 3. The third-order valence-corrected chi connectivity index (χ3v) is 11.3. The third kappa shape index (κ3) is 6.14. The molecule has 3 aliphatic rings. The van der Waals surface area contributed by atoms with Gasteiger partial charge in [-0.1, -0.05) is 94.3 Å². The highest BCUT2D eigenvalue weighted by molar-refractivity contribution is 6.31. The van der Waals surface area contributed by atoms with Gasteiger partial charge in [0.05, 0.1) is 35.6 Å². The van der Waals surface area contributed by atoms with Crippen LogP contribution in [0.2, 0.25) is 10.0 Å². The molecule has 50 heavy (non-hydrogen) atoms. The first-order valence-corrected chi connectivity index (χ1v) is 17.8. The topological polar surface area (TPSA) is 93.9 Å². The average molecular weight is 725 g/mol. The lowest BCUT2D eigenvalue weighted by Crippen LogP contribution is -2.52. The van der Waals surface area contributed by atoms with Crippen LogP contribution in [0, 0.1) is 34.3 Å². The summed E-state index contributed by atoms with van der Waals surface area (Å²) in [6.45, 7) is 6.07. The first-order chi connectivity index (χ1) is 23.7. The number of fused-ring (bicyclic) bond motifs is 1. The second-order valence-electron chi connectivity index (χ2n) is 15.0. The highest BCUT2D eigenvalue weighted by Crippen LogP contribution is 2.60. The molecule has 3 aromatic carbocycles. The van der Waals surface area contributed by atoms with E-state index in [0.717, 1.165) is 38.2 Å². The summed E-state index contributed by atoms with van der Waals surface area (Å²) in [7, 11) is 1.42. The molecule has 5 atom stereocenters. The minimum absolute atomic E-state index is 0.00669. The molecule has 1 N–H and O–H groups in total. The van der Waals surface area contributed by atoms with Crippen LogP contribution < -0.4 is 9.64 Å². The smallest absolute Gasteiger partial charge is 0.335 e. The van der Waals surface area contributed by atoms with Crippen molar-refractivity contribution in [3.63, 3.8) is 0 Å². The number of carbonyl (C=O) groups is 2. The largest absolute Gasteiger partial charge is 0.495 e. The van der Waals surface area contributed by atoms with Crippen LogP contribution in [-0.4, -0.2) is 47.2 Å². The highest BCUT2D eigenvalue weighted by Gasteiger charge is 2.70. The van der Waals surface area contributed by atoms with Crippen molar-refractivity contribution >= 4 is 40.8 Å². The number of ether oxygens (including phenoxy) is 1. The number of carbonyl (C=O) groups excluding carboxylic acids is 1. The van der Waals surface area contributed by atoms with Crippen molar-refractivity contribution in [1.82, 2.24) is 4.90 Å². The van der Waals surface area contributed by atoms with Crippen molar-refractivity contribution in [3.8, 4) is 11.8 Å². The normalized spacial score (nSPS) is 25.8. The van der Waals surface area contributed by atoms with Crippen LogP contribution in [0.4, 0.5) is 14.5 Å². The van der Waals surface area contributed by atoms with Gasteiger partial charge >= 0.3 is 5.97 Å². The van der Waals surface area contributed by atoms with Crippen LogP contribution in [0.1, 0.15) is 93.1 Å². The molecule has 3 fully saturated rings. The number of methoxy groups -OCH3 is 1. The fraction of sp³-hybridized carbons (Fsp3) is 0.462. The van der Waals surface area contributed by atoms with Gasteiger partial charge in [-0.05, 0) is 66.1 Å². The van der Waals surface area contributed by atoms with E-state index in [0.29, 0.717) is 18.5 Å². The average Bonchev–Trinajstić information content (AvgIpc) is 3.50. The first kappa shape index (κ1) is 36.1. The van der Waals surface area contributed by atoms with Gasteiger partial charge in [-0.3, -0.25) is 14.6 Å². The Kier molecular flexibility index (Phi) is 9.95. The number of hydrogen-bond donors (Lipinski definition) is 1. The molecule has 2 saturated heterocycles. The quantitative estimate of drug-likeness (QED) is 0.249. The number of hydrogen-bond acceptors (Lipinski definition) is 5. The summed E-state index contributed by atoms with van der Waals surface area (Å²) in [6.07, 6.45) is 5.39. The van der Waals surface area contributed by atoms with Crippen LogP contribution in [-0.2, 0) is 10.2 Å². The van der Waals surface area contributed by atoms with Crippen molar-refractivity contribution in [2.24, 2.45) is 11.3 Å². The molecule has 264 valence electrons. The second-order valence-corrected chi connectivity index (χ2v) is 15.9. The van der Waals surface area contributed by atoms with E-state index in [1.807, 2.05) is 25.7 Å². The maximum absolute atomic E-state index is 16.4. The molecule has 2 aliphatic heterocycles. The molecule has 7 nitrogen and oxygen atoms in total. The third-order valence-electron chi connectivity index (χ3n) is 10.8. The Balaban J connectivity index is 1.67. The number of halogens is 4. The van der Waals surface area contributed by atoms with Crippen LogP contribution in [0.25, 0.3) is 0 Å². The zero-order valence-corrected chi connectivity index (χ0v) is 30.1. The number of carboxylic acid groups (broad SMARTS) is 1. The first-order valence-electron chi connectivity index (χ1n) is 17.1. The molecular weight excluding hydrogens is 683 g/mol. The molecule has 0 radical (unpaired) electrons. The van der Waals surface area contributed by atoms with Crippen LogP contribution in [0.3, 0.4) is 0 Å². The van der Waals surface area contributed by atoms with E-state index in [4.69, 9.17) is 27.9 Å². The van der Waals surface area contributed by atoms with Crippen LogP contribution in [0.15, 0.2) is 54.6 Å². The minimum atomic E-state index is -1.75. The Bertz CT molecular complexity index is 1850. The molecule has 0 spiro atoms. The molecule has 0 aromatic heterocycles. The van der Waals surface area contributed by atoms with Crippen LogP contribution in [0.5, 0.6) is 5.75 Å². The molecule has 11 heteroatoms. The van der Waals surface area contributed by atoms with Gasteiger partial charge < -0.3 is 9.84 Å². The summed E-state index contributed by atoms with van der Waals surface area (Å²) in [6, 6.07) is 13.7. The molecule has 6 rings (SSSR count). The Hall–Kier alpha value is -3.71. The van der Waals surface area contributed by atoms with Gasteiger partial charge in [-0.25, -0.2) is 13.6 Å². The number of amides is 1. The number of rotatable bonds is 8. The summed E-state index contributed by atoms with van der Waals surface area (Å²) < 4.78 is 38.5. The van der Waals surface area contributed by atoms with Gasteiger partial charge in [0.25, 0.3) is 0 Å². The number of carboxylic acids is 1. The van der Waals surface area contributed by atoms with E-state index in [1.54, 1.807) is 17.0 Å². The van der Waals surface area contributed by atoms with E-state index in [2.05, 4.69) is 6.07 Å². The zero-order chi connectivity index (χ0) is 36.1. The standard InChI is InChI=1S/C39H41Cl2F2N3O4/c1-38(2,3)20-31-39(21-44,26-15-14-24(40)19-28(26)42)33(25-11-8-12-27(41)34(25)43)35-36(47)45(29-16-13-23(37(48)49)18-30(29)50-4)32(46(31)35)17-22-9-6-5-7-10-22/h8,11-16,18-19,22,31-33,35H,5-7,9-10,17,20H2,1-4H3,(H,48,49). The molecule has 3 aromatic rings. The predicted octanol–water partition coefficient (Wildman–Crippen LogP) is 9.36. The summed E-state index contributed by atoms with van der Waals surface area (Å²) in [5, 5.41) is 21.2. The van der Waals surface area contributed by atoms with Gasteiger partial charge in [-0.15, -0.1) is 0 Å². The van der Waals surface area contributed by atoms with Gasteiger partial charge in [0.15, 0.2) is 0 Å². The monoisotopic (exact) mass is 723 g/mol. The number of nitriles is 1. The summed E-state index contributed by atoms with van der Waals surface area (Å²) in [5.41, 5.74) is -1.72. The summed E-state index contributed by atoms with van der Waals surface area (Å²) in [4.78, 5) is 30.9. The minimum Gasteiger partial charge on any atom is -0.495 e. The number of anilines is 1. The number of nitrogens with zero attached hydrogens (tertiary/aromatic N) is 3. The fourth-order valence-electron chi connectivity index (χ4n) is 8.78. The highest BCUT2D eigenvalue weighted by atomic mass is 35.5. The van der Waals surface area contributed by atoms with Crippen molar-refractivity contribution in [3.05, 3.63) is 93.0 Å². The van der Waals surface area contributed by atoms with E-state index in [-0.39, 0.29) is 38.4 Å². The van der Waals surface area contributed by atoms with E-state index >= 15 is 13.6 Å². The van der Waals surface area contributed by atoms with Gasteiger partial charge in [0.1, 0.15) is 28.8 Å². The Morgan fingerprint density at radius 3 is 2.42 bits per heavy atom. The van der Waals surface area contributed by atoms with Gasteiger partial charge in [-0.2, -0.15) is 5.26 Å². The molecule has 0 bridgehead atoms. The predicted molar refractivity (Wildman–Crippen MR) is 189 cm³/mol. The molecule has 2 heterocycles. The Morgan fingerprint density at radius 2 is 1.80 bits per heavy atom. The lowest BCUT2D eigenvalue weighted by atomic mass is 9.62. The number of aromatic carboxylic acids is 1. The van der Waals surface area contributed by atoms with Crippen LogP contribution >= 0.6 is 23.2 Å². The van der Waals surface area contributed by atoms with Crippen molar-refractivity contribution in [1.29, 1.82) is 5.26 Å². The molecule has 1 amide bonds. The Morgan fingerprint density at radius 1 is 1.08 bits per heavy atom. The van der Waals surface area contributed by atoms with E-state index in [1.165, 1.54) is 43.5 Å². The lowest BCUT2D eigenvalue weighted by molar-refractivity contribution is -0.119. The second kappa shape index (κ2) is 13.8. The fourth-order valence-corrected chi connectivity index (χ4v) is 9.12. The van der Waals surface area contributed by atoms with Crippen molar-refractivity contribution < 1.29 is 28.2 Å². The van der Waals surface area contributed by atoms with Crippen molar-refractivity contribution in [2.75, 3.05) is 12.0 Å². The van der Waals surface area contributed by atoms with E-state index < -0.39 is 58.5 Å². The van der Waals surface area contributed by atoms with Gasteiger partial charge in [0, 0.05) is 22.5 Å². The maximum Gasteiger partial charge on any atom is 0.335 e. The molecule has 5 unspecified atom stereocenters. The summed E-state index contributed by atoms with van der Waals surface area (Å²) >= 11 is 12.6. The van der Waals surface area contributed by atoms with Gasteiger partial charge in [0.2, 0.25) is 5.91 Å². The molecule has 1 aliphatic carbocycles. The van der Waals surface area contributed by atoms with Crippen molar-refractivity contribution in [2.45, 2.75) is 95.3 Å². The SMILES string of the molecule is COc1cc(C(=O)O)ccc1N1C(=O)C2C(c3cccc(Cl)c3F)C(C#N)(c3ccc(Cl)cc3F)C(CC(C)(C)C)N2C1CC1CCCCC1. The lowest BCUT2D eigenvalue weighted by Gasteiger charge is -2.43.